The van der Waals surface area contributed by atoms with Crippen molar-refractivity contribution in [2.24, 2.45) is 0 Å². The van der Waals surface area contributed by atoms with E-state index in [-0.39, 0.29) is 6.04 Å². The van der Waals surface area contributed by atoms with Gasteiger partial charge in [-0.05, 0) is 25.8 Å². The van der Waals surface area contributed by atoms with Crippen LogP contribution in [0.25, 0.3) is 0 Å². The van der Waals surface area contributed by atoms with Crippen LogP contribution in [0, 0.1) is 0 Å². The van der Waals surface area contributed by atoms with E-state index in [9.17, 15) is 9.59 Å². The Morgan fingerprint density at radius 1 is 1.12 bits per heavy atom. The number of hydrogen-bond acceptors (Lipinski definition) is 2. The average Bonchev–Trinajstić information content (AvgIpc) is 2.29. The van der Waals surface area contributed by atoms with E-state index < -0.39 is 11.8 Å². The largest absolute Gasteiger partial charge is 0.348 e. The first-order chi connectivity index (χ1) is 8.09. The van der Waals surface area contributed by atoms with Crippen LogP contribution in [0.2, 0.25) is 0 Å². The molecule has 0 aliphatic carbocycles. The number of hydrogen-bond donors (Lipinski definition) is 2. The third-order valence-electron chi connectivity index (χ3n) is 2.17. The van der Waals surface area contributed by atoms with Gasteiger partial charge in [-0.3, -0.25) is 9.59 Å². The highest BCUT2D eigenvalue weighted by Gasteiger charge is 2.12. The van der Waals surface area contributed by atoms with Crippen LogP contribution < -0.4 is 10.6 Å². The molecular formula is C13H18N2O2. The maximum Gasteiger partial charge on any atom is 0.309 e. The summed E-state index contributed by atoms with van der Waals surface area (Å²) in [6.07, 6.45) is 0.724. The summed E-state index contributed by atoms with van der Waals surface area (Å²) in [5.74, 6) is -1.15. The van der Waals surface area contributed by atoms with Crippen molar-refractivity contribution in [2.75, 3.05) is 6.54 Å². The first-order valence-corrected chi connectivity index (χ1v) is 5.72. The van der Waals surface area contributed by atoms with Gasteiger partial charge in [-0.15, -0.1) is 0 Å². The molecule has 1 aromatic carbocycles. The summed E-state index contributed by atoms with van der Waals surface area (Å²) >= 11 is 0. The normalized spacial score (nSPS) is 10.1. The van der Waals surface area contributed by atoms with E-state index in [1.807, 2.05) is 44.2 Å². The molecule has 0 spiro atoms. The fraction of sp³-hybridized carbons (Fsp3) is 0.385. The number of nitrogens with one attached hydrogen (secondary N) is 2. The van der Waals surface area contributed by atoms with Crippen molar-refractivity contribution < 1.29 is 9.59 Å². The third-order valence-corrected chi connectivity index (χ3v) is 2.17. The lowest BCUT2D eigenvalue weighted by molar-refractivity contribution is -0.139. The van der Waals surface area contributed by atoms with Gasteiger partial charge in [0.1, 0.15) is 0 Å². The Bertz CT molecular complexity index is 374. The molecule has 0 saturated heterocycles. The first kappa shape index (κ1) is 13.2. The third kappa shape index (κ3) is 5.15. The smallest absolute Gasteiger partial charge is 0.309 e. The average molecular weight is 234 g/mol. The molecule has 1 rings (SSSR count). The van der Waals surface area contributed by atoms with Crippen molar-refractivity contribution in [3.63, 3.8) is 0 Å². The molecule has 0 aliphatic heterocycles. The van der Waals surface area contributed by atoms with Gasteiger partial charge >= 0.3 is 11.8 Å². The Balaban J connectivity index is 2.27. The van der Waals surface area contributed by atoms with E-state index in [0.717, 1.165) is 12.0 Å². The van der Waals surface area contributed by atoms with E-state index in [1.54, 1.807) is 0 Å². The molecule has 0 radical (unpaired) electrons. The molecule has 17 heavy (non-hydrogen) atoms. The Hall–Kier alpha value is -1.84. The van der Waals surface area contributed by atoms with Gasteiger partial charge in [0.05, 0.1) is 0 Å². The zero-order valence-corrected chi connectivity index (χ0v) is 10.2. The summed E-state index contributed by atoms with van der Waals surface area (Å²) < 4.78 is 0. The fourth-order valence-electron chi connectivity index (χ4n) is 1.37. The second-order valence-corrected chi connectivity index (χ2v) is 4.12. The Morgan fingerprint density at radius 3 is 2.35 bits per heavy atom. The minimum Gasteiger partial charge on any atom is -0.348 e. The maximum atomic E-state index is 11.3. The molecule has 0 aromatic heterocycles. The van der Waals surface area contributed by atoms with Gasteiger partial charge in [-0.1, -0.05) is 30.3 Å². The lowest BCUT2D eigenvalue weighted by Crippen LogP contribution is -2.43. The van der Waals surface area contributed by atoms with E-state index in [4.69, 9.17) is 0 Å². The van der Waals surface area contributed by atoms with Crippen molar-refractivity contribution in [3.8, 4) is 0 Å². The summed E-state index contributed by atoms with van der Waals surface area (Å²) in [6, 6.07) is 9.78. The Kier molecular flexibility index (Phi) is 5.20. The quantitative estimate of drug-likeness (QED) is 0.759. The van der Waals surface area contributed by atoms with Crippen LogP contribution in [0.4, 0.5) is 0 Å². The van der Waals surface area contributed by atoms with E-state index in [0.29, 0.717) is 6.54 Å². The molecule has 0 aliphatic rings. The summed E-state index contributed by atoms with van der Waals surface area (Å²) in [5, 5.41) is 5.13. The molecule has 0 fully saturated rings. The SMILES string of the molecule is CC(C)NC(=O)C(=O)NCCc1ccccc1. The minimum absolute atomic E-state index is 0.0256. The maximum absolute atomic E-state index is 11.3. The second kappa shape index (κ2) is 6.68. The molecule has 2 amide bonds. The molecule has 0 heterocycles. The standard InChI is InChI=1S/C13H18N2O2/c1-10(2)15-13(17)12(16)14-9-8-11-6-4-3-5-7-11/h3-7,10H,8-9H2,1-2H3,(H,14,16)(H,15,17). The zero-order chi connectivity index (χ0) is 12.7. The number of benzene rings is 1. The Labute approximate surface area is 101 Å². The van der Waals surface area contributed by atoms with Crippen molar-refractivity contribution in [1.82, 2.24) is 10.6 Å². The van der Waals surface area contributed by atoms with Crippen LogP contribution in [-0.2, 0) is 16.0 Å². The van der Waals surface area contributed by atoms with Crippen LogP contribution >= 0.6 is 0 Å². The van der Waals surface area contributed by atoms with Gasteiger partial charge in [-0.2, -0.15) is 0 Å². The molecule has 0 atom stereocenters. The zero-order valence-electron chi connectivity index (χ0n) is 10.2. The molecule has 0 bridgehead atoms. The Morgan fingerprint density at radius 2 is 1.76 bits per heavy atom. The molecule has 4 heteroatoms. The summed E-state index contributed by atoms with van der Waals surface area (Å²) in [5.41, 5.74) is 1.14. The highest BCUT2D eigenvalue weighted by atomic mass is 16.2. The predicted octanol–water partition coefficient (Wildman–Crippen LogP) is 0.870. The molecule has 92 valence electrons. The van der Waals surface area contributed by atoms with Crippen LogP contribution in [0.5, 0.6) is 0 Å². The number of rotatable bonds is 4. The summed E-state index contributed by atoms with van der Waals surface area (Å²) in [7, 11) is 0. The lowest BCUT2D eigenvalue weighted by atomic mass is 10.1. The van der Waals surface area contributed by atoms with Gasteiger partial charge in [0.15, 0.2) is 0 Å². The van der Waals surface area contributed by atoms with Crippen LogP contribution in [0.3, 0.4) is 0 Å². The van der Waals surface area contributed by atoms with Gasteiger partial charge < -0.3 is 10.6 Å². The monoisotopic (exact) mass is 234 g/mol. The van der Waals surface area contributed by atoms with Crippen LogP contribution in [0.1, 0.15) is 19.4 Å². The molecule has 2 N–H and O–H groups in total. The summed E-state index contributed by atoms with van der Waals surface area (Å²) in [4.78, 5) is 22.6. The predicted molar refractivity (Wildman–Crippen MR) is 66.4 cm³/mol. The molecular weight excluding hydrogens is 216 g/mol. The van der Waals surface area contributed by atoms with Gasteiger partial charge in [0, 0.05) is 12.6 Å². The highest BCUT2D eigenvalue weighted by Crippen LogP contribution is 1.97. The van der Waals surface area contributed by atoms with Crippen molar-refractivity contribution >= 4 is 11.8 Å². The van der Waals surface area contributed by atoms with Gasteiger partial charge in [-0.25, -0.2) is 0 Å². The van der Waals surface area contributed by atoms with Crippen LogP contribution in [0.15, 0.2) is 30.3 Å². The highest BCUT2D eigenvalue weighted by molar-refractivity contribution is 6.35. The second-order valence-electron chi connectivity index (χ2n) is 4.12. The number of carbonyl (C=O) groups excluding carboxylic acids is 2. The van der Waals surface area contributed by atoms with E-state index >= 15 is 0 Å². The van der Waals surface area contributed by atoms with Crippen molar-refractivity contribution in [3.05, 3.63) is 35.9 Å². The number of amides is 2. The van der Waals surface area contributed by atoms with Gasteiger partial charge in [0.25, 0.3) is 0 Å². The van der Waals surface area contributed by atoms with Crippen molar-refractivity contribution in [1.29, 1.82) is 0 Å². The molecule has 4 nitrogen and oxygen atoms in total. The fourth-order valence-corrected chi connectivity index (χ4v) is 1.37. The van der Waals surface area contributed by atoms with Gasteiger partial charge in [0.2, 0.25) is 0 Å². The molecule has 0 saturated carbocycles. The molecule has 0 unspecified atom stereocenters. The summed E-state index contributed by atoms with van der Waals surface area (Å²) in [6.45, 7) is 4.10. The van der Waals surface area contributed by atoms with E-state index in [2.05, 4.69) is 10.6 Å². The lowest BCUT2D eigenvalue weighted by Gasteiger charge is -2.08. The first-order valence-electron chi connectivity index (χ1n) is 5.72. The van der Waals surface area contributed by atoms with Crippen molar-refractivity contribution in [2.45, 2.75) is 26.3 Å². The van der Waals surface area contributed by atoms with Crippen LogP contribution in [-0.4, -0.2) is 24.4 Å². The topological polar surface area (TPSA) is 58.2 Å². The number of carbonyl (C=O) groups is 2. The molecule has 1 aromatic rings. The van der Waals surface area contributed by atoms with E-state index in [1.165, 1.54) is 0 Å². The minimum atomic E-state index is -0.576.